The first-order valence-corrected chi connectivity index (χ1v) is 2.82. The van der Waals surface area contributed by atoms with Crippen molar-refractivity contribution >= 4 is 22.2 Å². The molecule has 0 saturated carbocycles. The van der Waals surface area contributed by atoms with E-state index in [9.17, 15) is 0 Å². The number of amidine groups is 1. The summed E-state index contributed by atoms with van der Waals surface area (Å²) in [5, 5.41) is 14.5. The largest absolute Gasteiger partial charge is 0.378 e. The molecular weight excluding hydrogens is 142 g/mol. The van der Waals surface area contributed by atoms with Gasteiger partial charge in [0, 0.05) is 18.8 Å². The minimum absolute atomic E-state index is 0.0394. The predicted molar refractivity (Wildman–Crippen MR) is 36.6 cm³/mol. The summed E-state index contributed by atoms with van der Waals surface area (Å²) in [6.45, 7) is 0. The van der Waals surface area contributed by atoms with E-state index in [0.717, 1.165) is 11.8 Å². The second-order valence-electron chi connectivity index (χ2n) is 1.05. The third kappa shape index (κ3) is 3.80. The monoisotopic (exact) mass is 149 g/mol. The number of nitrogens with one attached hydrogen (secondary N) is 1. The Bertz CT molecular complexity index is 135. The Morgan fingerprint density at radius 3 is 2.56 bits per heavy atom. The molecule has 0 spiro atoms. The number of aliphatic imine (C=N–C) groups is 1. The highest BCUT2D eigenvalue weighted by Crippen LogP contribution is 2.01. The maximum absolute atomic E-state index is 7.97. The van der Waals surface area contributed by atoms with Crippen LogP contribution in [0.1, 0.15) is 0 Å². The van der Waals surface area contributed by atoms with Crippen LogP contribution in [0.25, 0.3) is 0 Å². The number of thioether (sulfide) groups is 1. The molecule has 0 rings (SSSR count). The van der Waals surface area contributed by atoms with Gasteiger partial charge in [-0.05, 0) is 0 Å². The summed E-state index contributed by atoms with van der Waals surface area (Å²) in [5.74, 6) is 0. The zero-order valence-corrected chi connectivity index (χ0v) is 5.60. The molecule has 0 aromatic heterocycles. The van der Waals surface area contributed by atoms with Crippen molar-refractivity contribution in [3.05, 3.63) is 0 Å². The molecule has 6 heteroatoms. The second kappa shape index (κ2) is 4.16. The maximum Gasteiger partial charge on any atom is 0.293 e. The van der Waals surface area contributed by atoms with E-state index in [1.807, 2.05) is 0 Å². The van der Waals surface area contributed by atoms with Crippen molar-refractivity contribution < 1.29 is 10.1 Å². The van der Waals surface area contributed by atoms with Crippen LogP contribution in [0.5, 0.6) is 0 Å². The van der Waals surface area contributed by atoms with Crippen molar-refractivity contribution in [1.29, 1.82) is 5.41 Å². The van der Waals surface area contributed by atoms with Crippen LogP contribution in [0, 0.1) is 5.41 Å². The molecule has 5 nitrogen and oxygen atoms in total. The van der Waals surface area contributed by atoms with Crippen molar-refractivity contribution in [3.63, 3.8) is 0 Å². The molecule has 0 amide bonds. The summed E-state index contributed by atoms with van der Waals surface area (Å²) in [7, 11) is 1.42. The third-order valence-electron chi connectivity index (χ3n) is 0.458. The lowest BCUT2D eigenvalue weighted by atomic mass is 11.3. The lowest BCUT2D eigenvalue weighted by molar-refractivity contribution is -0.150. The Kier molecular flexibility index (Phi) is 3.81. The zero-order chi connectivity index (χ0) is 7.28. The molecule has 52 valence electrons. The van der Waals surface area contributed by atoms with Gasteiger partial charge in [0.2, 0.25) is 0 Å². The van der Waals surface area contributed by atoms with Crippen LogP contribution in [-0.4, -0.2) is 22.7 Å². The topological polar surface area (TPSA) is 91.7 Å². The van der Waals surface area contributed by atoms with Crippen molar-refractivity contribution in [2.75, 3.05) is 7.05 Å². The van der Waals surface area contributed by atoms with Gasteiger partial charge in [-0.2, -0.15) is 0 Å². The maximum atomic E-state index is 7.97. The fraction of sp³-hybridized carbons (Fsp3) is 0.333. The Labute approximate surface area is 56.3 Å². The van der Waals surface area contributed by atoms with Gasteiger partial charge in [-0.1, -0.05) is 0 Å². The average molecular weight is 149 g/mol. The third-order valence-corrected chi connectivity index (χ3v) is 1.11. The highest BCUT2D eigenvalue weighted by atomic mass is 32.2. The zero-order valence-electron chi connectivity index (χ0n) is 4.79. The number of nitrogens with two attached hydrogens (primary N) is 1. The summed E-state index contributed by atoms with van der Waals surface area (Å²) >= 11 is 0.738. The quantitative estimate of drug-likeness (QED) is 0.197. The van der Waals surface area contributed by atoms with E-state index in [0.29, 0.717) is 0 Å². The summed E-state index contributed by atoms with van der Waals surface area (Å²) in [4.78, 5) is 7.14. The highest BCUT2D eigenvalue weighted by molar-refractivity contribution is 8.26. The van der Waals surface area contributed by atoms with Crippen LogP contribution in [0.4, 0.5) is 0 Å². The van der Waals surface area contributed by atoms with Crippen LogP contribution in [0.2, 0.25) is 0 Å². The Hall–Kier alpha value is -0.750. The average Bonchev–Trinajstić information content (AvgIpc) is 1.82. The SMILES string of the molecule is CN=C(OO)SC(=N)N. The molecule has 0 aromatic rings. The van der Waals surface area contributed by atoms with Crippen LogP contribution in [0.15, 0.2) is 4.99 Å². The number of rotatable bonds is 0. The number of hydrogen-bond acceptors (Lipinski definition) is 5. The molecule has 4 N–H and O–H groups in total. The summed E-state index contributed by atoms with van der Waals surface area (Å²) < 4.78 is 0. The molecule has 0 radical (unpaired) electrons. The van der Waals surface area contributed by atoms with E-state index >= 15 is 0 Å². The first-order valence-electron chi connectivity index (χ1n) is 2.00. The smallest absolute Gasteiger partial charge is 0.293 e. The fourth-order valence-electron chi connectivity index (χ4n) is 0.199. The minimum atomic E-state index is -0.176. The van der Waals surface area contributed by atoms with Gasteiger partial charge in [0.25, 0.3) is 5.23 Å². The summed E-state index contributed by atoms with van der Waals surface area (Å²) in [5.41, 5.74) is 4.92. The van der Waals surface area contributed by atoms with Gasteiger partial charge < -0.3 is 10.6 Å². The Morgan fingerprint density at radius 1 is 1.89 bits per heavy atom. The fourth-order valence-corrected chi connectivity index (χ4v) is 0.516. The van der Waals surface area contributed by atoms with Gasteiger partial charge in [0.15, 0.2) is 5.17 Å². The van der Waals surface area contributed by atoms with Gasteiger partial charge in [-0.3, -0.25) is 5.41 Å². The van der Waals surface area contributed by atoms with Crippen LogP contribution in [-0.2, 0) is 4.89 Å². The van der Waals surface area contributed by atoms with Gasteiger partial charge in [0.05, 0.1) is 0 Å². The minimum Gasteiger partial charge on any atom is -0.378 e. The highest BCUT2D eigenvalue weighted by Gasteiger charge is 2.00. The van der Waals surface area contributed by atoms with E-state index < -0.39 is 0 Å². The van der Waals surface area contributed by atoms with Crippen molar-refractivity contribution in [1.82, 2.24) is 0 Å². The van der Waals surface area contributed by atoms with E-state index in [1.54, 1.807) is 0 Å². The van der Waals surface area contributed by atoms with Gasteiger partial charge in [-0.15, -0.1) is 0 Å². The van der Waals surface area contributed by atoms with Crippen molar-refractivity contribution in [2.24, 2.45) is 10.7 Å². The molecule has 0 unspecified atom stereocenters. The van der Waals surface area contributed by atoms with Gasteiger partial charge >= 0.3 is 0 Å². The van der Waals surface area contributed by atoms with E-state index in [1.165, 1.54) is 7.05 Å². The van der Waals surface area contributed by atoms with Crippen LogP contribution >= 0.6 is 11.8 Å². The molecule has 0 aliphatic rings. The van der Waals surface area contributed by atoms with Gasteiger partial charge in [0.1, 0.15) is 0 Å². The molecular formula is C3H7N3O2S. The van der Waals surface area contributed by atoms with Crippen molar-refractivity contribution in [3.8, 4) is 0 Å². The Morgan fingerprint density at radius 2 is 2.44 bits per heavy atom. The summed E-state index contributed by atoms with van der Waals surface area (Å²) in [6.07, 6.45) is 0. The molecule has 0 aliphatic heterocycles. The molecule has 0 aromatic carbocycles. The second-order valence-corrected chi connectivity index (χ2v) is 2.04. The van der Waals surface area contributed by atoms with E-state index in [-0.39, 0.29) is 10.4 Å². The van der Waals surface area contributed by atoms with Crippen LogP contribution in [0.3, 0.4) is 0 Å². The molecule has 0 heterocycles. The number of nitrogens with zero attached hydrogens (tertiary/aromatic N) is 1. The first-order chi connectivity index (χ1) is 4.20. The van der Waals surface area contributed by atoms with Gasteiger partial charge in [-0.25, -0.2) is 10.2 Å². The molecule has 0 atom stereocenters. The normalized spacial score (nSPS) is 11.1. The molecule has 9 heavy (non-hydrogen) atoms. The molecule has 0 aliphatic carbocycles. The van der Waals surface area contributed by atoms with Crippen molar-refractivity contribution in [2.45, 2.75) is 0 Å². The molecule has 0 fully saturated rings. The first kappa shape index (κ1) is 8.25. The predicted octanol–water partition coefficient (Wildman–Crippen LogP) is 0.0885. The summed E-state index contributed by atoms with van der Waals surface area (Å²) in [6, 6.07) is 0. The molecule has 0 saturated heterocycles. The Balaban J connectivity index is 3.71. The van der Waals surface area contributed by atoms with E-state index in [4.69, 9.17) is 16.4 Å². The number of hydrogen-bond donors (Lipinski definition) is 3. The van der Waals surface area contributed by atoms with E-state index in [2.05, 4.69) is 9.88 Å². The lowest BCUT2D eigenvalue weighted by Gasteiger charge is -1.95. The lowest BCUT2D eigenvalue weighted by Crippen LogP contribution is -2.09. The molecule has 0 bridgehead atoms. The van der Waals surface area contributed by atoms with Crippen LogP contribution < -0.4 is 5.73 Å². The standard InChI is InChI=1S/C3H7N3O2S/c1-6-3(8-7)9-2(4)5/h7H,1H3,(H3,4,5).